The van der Waals surface area contributed by atoms with Crippen LogP contribution in [0, 0.1) is 0 Å². The third-order valence-corrected chi connectivity index (χ3v) is 6.70. The highest BCUT2D eigenvalue weighted by molar-refractivity contribution is 7.99. The lowest BCUT2D eigenvalue weighted by Gasteiger charge is -2.46. The molecule has 2 aromatic rings. The molecular weight excluding hydrogens is 402 g/mol. The molecule has 0 N–H and O–H groups in total. The quantitative estimate of drug-likeness (QED) is 0.650. The van der Waals surface area contributed by atoms with Crippen LogP contribution in [-0.2, 0) is 14.3 Å². The van der Waals surface area contributed by atoms with E-state index in [1.54, 1.807) is 35.4 Å². The number of rotatable bonds is 6. The van der Waals surface area contributed by atoms with E-state index in [4.69, 9.17) is 9.47 Å². The van der Waals surface area contributed by atoms with Crippen molar-refractivity contribution in [1.29, 1.82) is 0 Å². The van der Waals surface area contributed by atoms with Crippen molar-refractivity contribution < 1.29 is 14.3 Å². The minimum atomic E-state index is -0.551. The Balaban J connectivity index is 1.45. The number of thioether (sulfide) groups is 1. The number of nitrogens with zero attached hydrogens (tertiary/aromatic N) is 5. The molecule has 1 saturated heterocycles. The molecule has 0 unspecified atom stereocenters. The van der Waals surface area contributed by atoms with Crippen LogP contribution in [-0.4, -0.2) is 68.9 Å². The zero-order valence-corrected chi connectivity index (χ0v) is 18.4. The van der Waals surface area contributed by atoms with Crippen molar-refractivity contribution in [3.63, 3.8) is 0 Å². The summed E-state index contributed by atoms with van der Waals surface area (Å²) in [7, 11) is 3.57. The monoisotopic (exact) mass is 431 g/mol. The summed E-state index contributed by atoms with van der Waals surface area (Å²) in [4.78, 5) is 13.9. The largest absolute Gasteiger partial charge is 0.349 e. The summed E-state index contributed by atoms with van der Waals surface area (Å²) in [5, 5.41) is 12.9. The van der Waals surface area contributed by atoms with E-state index in [1.807, 2.05) is 30.3 Å². The van der Waals surface area contributed by atoms with Gasteiger partial charge in [-0.1, -0.05) is 36.4 Å². The highest BCUT2D eigenvalue weighted by Gasteiger charge is 2.44. The van der Waals surface area contributed by atoms with Crippen molar-refractivity contribution >= 4 is 17.7 Å². The number of tetrazole rings is 1. The van der Waals surface area contributed by atoms with Gasteiger partial charge in [-0.15, -0.1) is 5.10 Å². The molecular formula is C21H29N5O3S. The first kappa shape index (κ1) is 21.3. The normalized spacial score (nSPS) is 23.4. The highest BCUT2D eigenvalue weighted by Crippen LogP contribution is 2.41. The standard InChI is InChI=1S/C21H29N5O3S/c1-25(2)19(27)14-17-13-18(29-21(28-17)11-7-4-8-12-21)15-30-20-22-23-24-26(20)16-9-5-3-6-10-16/h3,5-6,9-10,17-18H,4,7-8,11-15H2,1-2H3/t17-,18+/m1/s1. The molecule has 4 rings (SSSR count). The number of amides is 1. The van der Waals surface area contributed by atoms with Crippen LogP contribution < -0.4 is 0 Å². The van der Waals surface area contributed by atoms with Crippen molar-refractivity contribution in [2.45, 2.75) is 68.1 Å². The van der Waals surface area contributed by atoms with Gasteiger partial charge >= 0.3 is 0 Å². The first-order chi connectivity index (χ1) is 14.5. The molecule has 0 radical (unpaired) electrons. The Hall–Kier alpha value is -1.97. The molecule has 9 heteroatoms. The molecule has 1 spiro atoms. The van der Waals surface area contributed by atoms with E-state index in [1.165, 1.54) is 6.42 Å². The van der Waals surface area contributed by atoms with Crippen molar-refractivity contribution in [3.05, 3.63) is 30.3 Å². The molecule has 162 valence electrons. The predicted molar refractivity (Wildman–Crippen MR) is 113 cm³/mol. The van der Waals surface area contributed by atoms with Gasteiger partial charge in [-0.25, -0.2) is 0 Å². The molecule has 2 atom stereocenters. The maximum Gasteiger partial charge on any atom is 0.224 e. The number of carbonyl (C=O) groups is 1. The molecule has 1 saturated carbocycles. The van der Waals surface area contributed by atoms with Crippen LogP contribution in [0.15, 0.2) is 35.5 Å². The first-order valence-corrected chi connectivity index (χ1v) is 11.6. The van der Waals surface area contributed by atoms with Crippen LogP contribution in [0.4, 0.5) is 0 Å². The zero-order valence-electron chi connectivity index (χ0n) is 17.6. The van der Waals surface area contributed by atoms with E-state index < -0.39 is 5.79 Å². The van der Waals surface area contributed by atoms with Gasteiger partial charge in [0, 0.05) is 39.1 Å². The van der Waals surface area contributed by atoms with E-state index in [-0.39, 0.29) is 18.1 Å². The summed E-state index contributed by atoms with van der Waals surface area (Å²) in [5.74, 6) is 0.252. The van der Waals surface area contributed by atoms with Crippen molar-refractivity contribution in [2.75, 3.05) is 19.8 Å². The molecule has 8 nitrogen and oxygen atoms in total. The minimum Gasteiger partial charge on any atom is -0.349 e. The fourth-order valence-electron chi connectivity index (χ4n) is 4.12. The van der Waals surface area contributed by atoms with E-state index in [0.29, 0.717) is 18.6 Å². The van der Waals surface area contributed by atoms with Gasteiger partial charge in [-0.05, 0) is 35.4 Å². The molecule has 30 heavy (non-hydrogen) atoms. The Morgan fingerprint density at radius 3 is 2.63 bits per heavy atom. The molecule has 2 aliphatic rings. The Bertz CT molecular complexity index is 838. The number of ether oxygens (including phenoxy) is 2. The third kappa shape index (κ3) is 5.01. The number of hydrogen-bond acceptors (Lipinski definition) is 7. The van der Waals surface area contributed by atoms with E-state index in [9.17, 15) is 4.79 Å². The number of aromatic nitrogens is 4. The van der Waals surface area contributed by atoms with Crippen LogP contribution in [0.2, 0.25) is 0 Å². The van der Waals surface area contributed by atoms with Gasteiger partial charge in [-0.2, -0.15) is 4.68 Å². The summed E-state index contributed by atoms with van der Waals surface area (Å²) in [6, 6.07) is 9.85. The average molecular weight is 432 g/mol. The van der Waals surface area contributed by atoms with E-state index in [0.717, 1.165) is 36.5 Å². The summed E-state index contributed by atoms with van der Waals surface area (Å²) < 4.78 is 14.6. The minimum absolute atomic E-state index is 0.0114. The number of hydrogen-bond donors (Lipinski definition) is 0. The SMILES string of the molecule is CN(C)C(=O)C[C@H]1C[C@@H](CSc2nnnn2-c2ccccc2)OC2(CCCCC2)O1. The van der Waals surface area contributed by atoms with Gasteiger partial charge in [0.15, 0.2) is 5.79 Å². The van der Waals surface area contributed by atoms with Crippen molar-refractivity contribution in [3.8, 4) is 5.69 Å². The van der Waals surface area contributed by atoms with Gasteiger partial charge in [0.05, 0.1) is 24.3 Å². The predicted octanol–water partition coefficient (Wildman–Crippen LogP) is 3.07. The summed E-state index contributed by atoms with van der Waals surface area (Å²) in [6.07, 6.45) is 6.14. The molecule has 2 heterocycles. The summed E-state index contributed by atoms with van der Waals surface area (Å²) >= 11 is 1.58. The van der Waals surface area contributed by atoms with Gasteiger partial charge in [-0.3, -0.25) is 4.79 Å². The van der Waals surface area contributed by atoms with Gasteiger partial charge < -0.3 is 14.4 Å². The summed E-state index contributed by atoms with van der Waals surface area (Å²) in [6.45, 7) is 0. The Morgan fingerprint density at radius 1 is 1.17 bits per heavy atom. The lowest BCUT2D eigenvalue weighted by atomic mass is 9.91. The molecule has 1 aliphatic heterocycles. The highest BCUT2D eigenvalue weighted by atomic mass is 32.2. The fourth-order valence-corrected chi connectivity index (χ4v) is 5.02. The number of benzene rings is 1. The second kappa shape index (κ2) is 9.45. The molecule has 1 aromatic heterocycles. The molecule has 0 bridgehead atoms. The Labute approximate surface area is 181 Å². The van der Waals surface area contributed by atoms with Crippen LogP contribution in [0.1, 0.15) is 44.9 Å². The first-order valence-electron chi connectivity index (χ1n) is 10.6. The van der Waals surface area contributed by atoms with Gasteiger partial charge in [0.1, 0.15) is 0 Å². The number of para-hydroxylation sites is 1. The lowest BCUT2D eigenvalue weighted by molar-refractivity contribution is -0.324. The van der Waals surface area contributed by atoms with Gasteiger partial charge in [0.25, 0.3) is 0 Å². The van der Waals surface area contributed by atoms with Gasteiger partial charge in [0.2, 0.25) is 11.1 Å². The molecule has 1 amide bonds. The Kier molecular flexibility index (Phi) is 6.70. The second-order valence-electron chi connectivity index (χ2n) is 8.20. The van der Waals surface area contributed by atoms with E-state index in [2.05, 4.69) is 15.5 Å². The fraction of sp³-hybridized carbons (Fsp3) is 0.619. The van der Waals surface area contributed by atoms with Crippen molar-refractivity contribution in [2.24, 2.45) is 0 Å². The molecule has 1 aromatic carbocycles. The summed E-state index contributed by atoms with van der Waals surface area (Å²) in [5.41, 5.74) is 0.927. The van der Waals surface area contributed by atoms with E-state index >= 15 is 0 Å². The topological polar surface area (TPSA) is 82.4 Å². The second-order valence-corrected chi connectivity index (χ2v) is 9.19. The molecule has 2 fully saturated rings. The third-order valence-electron chi connectivity index (χ3n) is 5.65. The maximum atomic E-state index is 12.3. The van der Waals surface area contributed by atoms with Crippen LogP contribution >= 0.6 is 11.8 Å². The molecule has 1 aliphatic carbocycles. The van der Waals surface area contributed by atoms with Crippen LogP contribution in [0.5, 0.6) is 0 Å². The lowest BCUT2D eigenvalue weighted by Crippen LogP contribution is -2.51. The van der Waals surface area contributed by atoms with Crippen LogP contribution in [0.25, 0.3) is 5.69 Å². The van der Waals surface area contributed by atoms with Crippen LogP contribution in [0.3, 0.4) is 0 Å². The Morgan fingerprint density at radius 2 is 1.90 bits per heavy atom. The smallest absolute Gasteiger partial charge is 0.224 e. The maximum absolute atomic E-state index is 12.3. The zero-order chi connectivity index (χ0) is 21.0. The average Bonchev–Trinajstić information content (AvgIpc) is 3.22. The van der Waals surface area contributed by atoms with Crippen molar-refractivity contribution in [1.82, 2.24) is 25.1 Å². The number of carbonyl (C=O) groups excluding carboxylic acids is 1.